The molecule has 0 radical (unpaired) electrons. The van der Waals surface area contributed by atoms with Gasteiger partial charge in [0.1, 0.15) is 11.8 Å². The second-order valence-corrected chi connectivity index (χ2v) is 10.9. The summed E-state index contributed by atoms with van der Waals surface area (Å²) in [5.41, 5.74) is 3.39. The molecule has 1 N–H and O–H groups in total. The zero-order valence-corrected chi connectivity index (χ0v) is 20.0. The van der Waals surface area contributed by atoms with Gasteiger partial charge in [-0.1, -0.05) is 33.8 Å². The van der Waals surface area contributed by atoms with Crippen LogP contribution in [0.1, 0.15) is 104 Å². The van der Waals surface area contributed by atoms with E-state index >= 15 is 0 Å². The molecule has 5 nitrogen and oxygen atoms in total. The smallest absolute Gasteiger partial charge is 0.388 e. The highest BCUT2D eigenvalue weighted by atomic mass is 19.4. The predicted octanol–water partition coefficient (Wildman–Crippen LogP) is 5.75. The van der Waals surface area contributed by atoms with Crippen molar-refractivity contribution in [2.45, 2.75) is 83.3 Å². The van der Waals surface area contributed by atoms with Crippen LogP contribution in [-0.4, -0.2) is 28.3 Å². The molecule has 1 aliphatic carbocycles. The molecule has 0 saturated carbocycles. The van der Waals surface area contributed by atoms with Crippen molar-refractivity contribution in [2.75, 3.05) is 13.2 Å². The first-order valence-corrected chi connectivity index (χ1v) is 12.0. The van der Waals surface area contributed by atoms with Crippen LogP contribution in [0.3, 0.4) is 0 Å². The average Bonchev–Trinajstić information content (AvgIpc) is 3.06. The number of aliphatic hydroxyl groups is 1. The van der Waals surface area contributed by atoms with Gasteiger partial charge in [0.2, 0.25) is 0 Å². The molecule has 4 heterocycles. The van der Waals surface area contributed by atoms with Crippen molar-refractivity contribution >= 4 is 0 Å². The third-order valence-corrected chi connectivity index (χ3v) is 7.39. The van der Waals surface area contributed by atoms with Gasteiger partial charge in [-0.2, -0.15) is 13.2 Å². The number of aromatic nitrogens is 2. The summed E-state index contributed by atoms with van der Waals surface area (Å²) in [4.78, 5) is 8.77. The molecular formula is C26H31F3N2O3. The minimum absolute atomic E-state index is 0.0738. The Morgan fingerprint density at radius 2 is 1.82 bits per heavy atom. The molecule has 1 fully saturated rings. The van der Waals surface area contributed by atoms with Crippen LogP contribution in [0.2, 0.25) is 0 Å². The highest BCUT2D eigenvalue weighted by Gasteiger charge is 2.52. The summed E-state index contributed by atoms with van der Waals surface area (Å²) >= 11 is 0. The fourth-order valence-electron chi connectivity index (χ4n) is 5.90. The number of hydrogen-bond acceptors (Lipinski definition) is 5. The molecular weight excluding hydrogens is 445 g/mol. The number of ether oxygens (including phenoxy) is 2. The predicted molar refractivity (Wildman–Crippen MR) is 119 cm³/mol. The van der Waals surface area contributed by atoms with Gasteiger partial charge in [0.05, 0.1) is 11.7 Å². The molecule has 2 aromatic rings. The summed E-state index contributed by atoms with van der Waals surface area (Å²) < 4.78 is 51.8. The van der Waals surface area contributed by atoms with Crippen molar-refractivity contribution in [1.82, 2.24) is 9.97 Å². The number of alkyl halides is 3. The molecule has 1 spiro atoms. The first-order valence-electron chi connectivity index (χ1n) is 12.0. The number of aliphatic hydroxyl groups excluding tert-OH is 1. The topological polar surface area (TPSA) is 64.5 Å². The lowest BCUT2D eigenvalue weighted by Gasteiger charge is -2.40. The van der Waals surface area contributed by atoms with E-state index in [4.69, 9.17) is 14.5 Å². The van der Waals surface area contributed by atoms with Gasteiger partial charge in [0, 0.05) is 60.3 Å². The average molecular weight is 477 g/mol. The van der Waals surface area contributed by atoms with E-state index in [2.05, 4.69) is 32.7 Å². The third-order valence-electron chi connectivity index (χ3n) is 7.39. The van der Waals surface area contributed by atoms with Gasteiger partial charge >= 0.3 is 6.18 Å². The minimum Gasteiger partial charge on any atom is -0.388 e. The molecule has 2 aliphatic heterocycles. The second kappa shape index (κ2) is 8.00. The van der Waals surface area contributed by atoms with Crippen LogP contribution in [0.25, 0.3) is 0 Å². The molecule has 5 rings (SSSR count). The van der Waals surface area contributed by atoms with Gasteiger partial charge in [-0.25, -0.2) is 0 Å². The van der Waals surface area contributed by atoms with E-state index < -0.39 is 29.7 Å². The number of fused-ring (bicyclic) bond motifs is 4. The first-order chi connectivity index (χ1) is 15.9. The Labute approximate surface area is 197 Å². The molecule has 3 aliphatic rings. The van der Waals surface area contributed by atoms with Gasteiger partial charge in [-0.3, -0.25) is 9.97 Å². The summed E-state index contributed by atoms with van der Waals surface area (Å²) in [5.74, 6) is 0.0738. The number of hydrogen-bond donors (Lipinski definition) is 1. The van der Waals surface area contributed by atoms with E-state index in [1.807, 2.05) is 0 Å². The standard InChI is InChI=1S/C26H31F3N2O3/c1-14(2)22-20-21(19-16(31-22)11-24(3,4)12-17(19)32)25(7-9-33-10-8-25)34-23(20)15-5-6-18(30-13-15)26(27,28)29/h5-6,13-14,17,23,32H,7-12H2,1-4H3/t17?,23-/m1/s1. The second-order valence-electron chi connectivity index (χ2n) is 10.9. The molecule has 0 amide bonds. The van der Waals surface area contributed by atoms with Gasteiger partial charge < -0.3 is 14.6 Å². The molecule has 1 unspecified atom stereocenters. The van der Waals surface area contributed by atoms with Crippen LogP contribution in [0.5, 0.6) is 0 Å². The van der Waals surface area contributed by atoms with Crippen LogP contribution in [0, 0.1) is 5.41 Å². The van der Waals surface area contributed by atoms with E-state index in [0.717, 1.165) is 40.6 Å². The van der Waals surface area contributed by atoms with E-state index in [1.165, 1.54) is 12.3 Å². The minimum atomic E-state index is -4.50. The first kappa shape index (κ1) is 23.7. The Morgan fingerprint density at radius 1 is 1.12 bits per heavy atom. The monoisotopic (exact) mass is 476 g/mol. The largest absolute Gasteiger partial charge is 0.433 e. The SMILES string of the molecule is CC(C)c1nc2c(c3c1[C@@H](c1ccc(C(F)(F)F)nc1)OC31CCOCC1)C(O)CC(C)(C)C2. The van der Waals surface area contributed by atoms with Crippen molar-refractivity contribution in [1.29, 1.82) is 0 Å². The van der Waals surface area contributed by atoms with Crippen molar-refractivity contribution < 1.29 is 27.8 Å². The Bertz CT molecular complexity index is 1090. The lowest BCUT2D eigenvalue weighted by molar-refractivity contribution is -0.141. The molecule has 0 aromatic carbocycles. The quantitative estimate of drug-likeness (QED) is 0.598. The van der Waals surface area contributed by atoms with Gasteiger partial charge in [0.25, 0.3) is 0 Å². The van der Waals surface area contributed by atoms with Crippen LogP contribution < -0.4 is 0 Å². The number of nitrogens with zero attached hydrogens (tertiary/aromatic N) is 2. The molecule has 2 aromatic heterocycles. The molecule has 8 heteroatoms. The third kappa shape index (κ3) is 3.84. The van der Waals surface area contributed by atoms with E-state index in [1.54, 1.807) is 0 Å². The maximum Gasteiger partial charge on any atom is 0.433 e. The van der Waals surface area contributed by atoms with E-state index in [9.17, 15) is 18.3 Å². The van der Waals surface area contributed by atoms with Crippen molar-refractivity contribution in [3.05, 3.63) is 57.7 Å². The van der Waals surface area contributed by atoms with Crippen LogP contribution in [0.4, 0.5) is 13.2 Å². The van der Waals surface area contributed by atoms with Crippen LogP contribution in [-0.2, 0) is 27.7 Å². The number of rotatable bonds is 2. The van der Waals surface area contributed by atoms with Gasteiger partial charge in [-0.15, -0.1) is 0 Å². The van der Waals surface area contributed by atoms with Gasteiger partial charge in [0.15, 0.2) is 0 Å². The molecule has 1 saturated heterocycles. The fraction of sp³-hybridized carbons (Fsp3) is 0.615. The molecule has 34 heavy (non-hydrogen) atoms. The number of halogens is 3. The summed E-state index contributed by atoms with van der Waals surface area (Å²) in [6.45, 7) is 9.45. The summed E-state index contributed by atoms with van der Waals surface area (Å²) in [6.07, 6.45) is -1.90. The summed E-state index contributed by atoms with van der Waals surface area (Å²) in [5, 5.41) is 11.3. The van der Waals surface area contributed by atoms with Crippen LogP contribution in [0.15, 0.2) is 18.3 Å². The maximum absolute atomic E-state index is 13.1. The Morgan fingerprint density at radius 3 is 2.41 bits per heavy atom. The molecule has 184 valence electrons. The maximum atomic E-state index is 13.1. The Balaban J connectivity index is 1.74. The zero-order chi connectivity index (χ0) is 24.5. The summed E-state index contributed by atoms with van der Waals surface area (Å²) in [7, 11) is 0. The lowest BCUT2D eigenvalue weighted by Crippen LogP contribution is -2.37. The highest BCUT2D eigenvalue weighted by molar-refractivity contribution is 5.54. The zero-order valence-electron chi connectivity index (χ0n) is 20.0. The number of pyridine rings is 2. The normalized spacial score (nSPS) is 25.4. The molecule has 2 atom stereocenters. The van der Waals surface area contributed by atoms with Gasteiger partial charge in [-0.05, 0) is 35.8 Å². The van der Waals surface area contributed by atoms with Crippen LogP contribution >= 0.6 is 0 Å². The Hall–Kier alpha value is -2.03. The van der Waals surface area contributed by atoms with E-state index in [-0.39, 0.29) is 11.3 Å². The van der Waals surface area contributed by atoms with E-state index in [0.29, 0.717) is 38.0 Å². The van der Waals surface area contributed by atoms with Crippen molar-refractivity contribution in [3.8, 4) is 0 Å². The lowest BCUT2D eigenvalue weighted by atomic mass is 9.70. The summed E-state index contributed by atoms with van der Waals surface area (Å²) in [6, 6.07) is 2.46. The fourth-order valence-corrected chi connectivity index (χ4v) is 5.90. The van der Waals surface area contributed by atoms with Crippen molar-refractivity contribution in [3.63, 3.8) is 0 Å². The Kier molecular flexibility index (Phi) is 5.58. The highest BCUT2D eigenvalue weighted by Crippen LogP contribution is 2.57. The molecule has 0 bridgehead atoms. The van der Waals surface area contributed by atoms with Crippen molar-refractivity contribution in [2.24, 2.45) is 5.41 Å².